The molecule has 3 aromatic carbocycles. The number of imide groups is 1. The first-order valence-corrected chi connectivity index (χ1v) is 11.9. The van der Waals surface area contributed by atoms with E-state index < -0.39 is 11.8 Å². The first-order chi connectivity index (χ1) is 16.9. The maximum absolute atomic E-state index is 13.7. The Hall–Kier alpha value is -3.87. The van der Waals surface area contributed by atoms with Crippen molar-refractivity contribution in [2.75, 3.05) is 18.1 Å². The predicted octanol–water partition coefficient (Wildman–Crippen LogP) is 5.32. The topological polar surface area (TPSA) is 82.1 Å². The van der Waals surface area contributed by atoms with E-state index in [2.05, 4.69) is 0 Å². The second-order valence-corrected chi connectivity index (χ2v) is 8.32. The van der Waals surface area contributed by atoms with Gasteiger partial charge in [0.1, 0.15) is 11.5 Å². The summed E-state index contributed by atoms with van der Waals surface area (Å²) in [4.78, 5) is 40.4. The Morgan fingerprint density at radius 2 is 1.46 bits per heavy atom. The molecule has 7 heteroatoms. The highest BCUT2D eigenvalue weighted by molar-refractivity contribution is 6.38. The van der Waals surface area contributed by atoms with Crippen molar-refractivity contribution in [3.05, 3.63) is 65.2 Å². The number of fused-ring (bicyclic) bond motifs is 2. The van der Waals surface area contributed by atoms with Crippen LogP contribution < -0.4 is 14.4 Å². The SMILES string of the molecule is CCOC(=O)Cc1ccc(N2C(=O)c3c(c(OC(C)CC)c4ccccc4c3OCC)C2=O)cc1. The van der Waals surface area contributed by atoms with Gasteiger partial charge in [-0.25, -0.2) is 4.90 Å². The molecular formula is C28H29NO6. The van der Waals surface area contributed by atoms with Crippen molar-refractivity contribution in [3.63, 3.8) is 0 Å². The molecule has 0 saturated heterocycles. The van der Waals surface area contributed by atoms with Crippen LogP contribution in [0.1, 0.15) is 60.4 Å². The number of ether oxygens (including phenoxy) is 3. The van der Waals surface area contributed by atoms with Crippen molar-refractivity contribution < 1.29 is 28.6 Å². The number of carbonyl (C=O) groups excluding carboxylic acids is 3. The molecule has 3 aromatic rings. The minimum Gasteiger partial charge on any atom is -0.492 e. The lowest BCUT2D eigenvalue weighted by atomic mass is 9.98. The molecule has 0 spiro atoms. The van der Waals surface area contributed by atoms with Crippen LogP contribution in [0.25, 0.3) is 10.8 Å². The summed E-state index contributed by atoms with van der Waals surface area (Å²) in [6.45, 7) is 8.17. The molecule has 0 aliphatic carbocycles. The predicted molar refractivity (Wildman–Crippen MR) is 133 cm³/mol. The summed E-state index contributed by atoms with van der Waals surface area (Å²) in [5.74, 6) is -0.483. The smallest absolute Gasteiger partial charge is 0.310 e. The lowest BCUT2D eigenvalue weighted by molar-refractivity contribution is -0.142. The molecule has 0 N–H and O–H groups in total. The Bertz CT molecular complexity index is 1280. The van der Waals surface area contributed by atoms with Gasteiger partial charge in [-0.2, -0.15) is 0 Å². The lowest BCUT2D eigenvalue weighted by Gasteiger charge is -2.19. The van der Waals surface area contributed by atoms with Crippen molar-refractivity contribution in [2.24, 2.45) is 0 Å². The fourth-order valence-corrected chi connectivity index (χ4v) is 4.18. The van der Waals surface area contributed by atoms with Gasteiger partial charge >= 0.3 is 5.97 Å². The molecule has 1 atom stereocenters. The zero-order chi connectivity index (χ0) is 25.1. The van der Waals surface area contributed by atoms with E-state index in [0.29, 0.717) is 30.4 Å². The summed E-state index contributed by atoms with van der Waals surface area (Å²) in [5.41, 5.74) is 1.56. The van der Waals surface area contributed by atoms with Gasteiger partial charge in [0, 0.05) is 10.8 Å². The molecule has 0 fully saturated rings. The van der Waals surface area contributed by atoms with Gasteiger partial charge in [-0.3, -0.25) is 14.4 Å². The van der Waals surface area contributed by atoms with Gasteiger partial charge in [0.05, 0.1) is 42.6 Å². The number of anilines is 1. The molecule has 1 unspecified atom stereocenters. The number of amides is 2. The van der Waals surface area contributed by atoms with Crippen LogP contribution in [0.2, 0.25) is 0 Å². The van der Waals surface area contributed by atoms with Crippen LogP contribution in [0.15, 0.2) is 48.5 Å². The normalized spacial score (nSPS) is 13.7. The first kappa shape index (κ1) is 24.3. The summed E-state index contributed by atoms with van der Waals surface area (Å²) in [6, 6.07) is 14.2. The minimum atomic E-state index is -0.466. The number of esters is 1. The Balaban J connectivity index is 1.83. The van der Waals surface area contributed by atoms with Crippen LogP contribution in [-0.2, 0) is 16.0 Å². The van der Waals surface area contributed by atoms with E-state index in [1.807, 2.05) is 45.0 Å². The van der Waals surface area contributed by atoms with E-state index in [9.17, 15) is 14.4 Å². The van der Waals surface area contributed by atoms with Crippen LogP contribution in [0.3, 0.4) is 0 Å². The van der Waals surface area contributed by atoms with Crippen LogP contribution in [0, 0.1) is 0 Å². The van der Waals surface area contributed by atoms with Gasteiger partial charge in [-0.1, -0.05) is 43.3 Å². The molecular weight excluding hydrogens is 446 g/mol. The van der Waals surface area contributed by atoms with Crippen molar-refractivity contribution in [2.45, 2.75) is 46.6 Å². The molecule has 1 heterocycles. The Morgan fingerprint density at radius 1 is 0.857 bits per heavy atom. The Kier molecular flexibility index (Phi) is 7.05. The Morgan fingerprint density at radius 3 is 2.03 bits per heavy atom. The molecule has 182 valence electrons. The van der Waals surface area contributed by atoms with Crippen molar-refractivity contribution >= 4 is 34.2 Å². The van der Waals surface area contributed by atoms with Gasteiger partial charge in [-0.05, 0) is 44.9 Å². The third kappa shape index (κ3) is 4.46. The summed E-state index contributed by atoms with van der Waals surface area (Å²) < 4.78 is 17.2. The first-order valence-electron chi connectivity index (χ1n) is 11.9. The van der Waals surface area contributed by atoms with E-state index in [4.69, 9.17) is 14.2 Å². The van der Waals surface area contributed by atoms with Crippen molar-refractivity contribution in [3.8, 4) is 11.5 Å². The van der Waals surface area contributed by atoms with Crippen molar-refractivity contribution in [1.29, 1.82) is 0 Å². The summed E-state index contributed by atoms with van der Waals surface area (Å²) in [6.07, 6.45) is 0.701. The van der Waals surface area contributed by atoms with Crippen LogP contribution in [-0.4, -0.2) is 37.1 Å². The lowest BCUT2D eigenvalue weighted by Crippen LogP contribution is -2.29. The molecule has 4 rings (SSSR count). The molecule has 0 aromatic heterocycles. The maximum atomic E-state index is 13.7. The van der Waals surface area contributed by atoms with Gasteiger partial charge in [-0.15, -0.1) is 0 Å². The highest BCUT2D eigenvalue weighted by Crippen LogP contribution is 2.46. The van der Waals surface area contributed by atoms with Crippen LogP contribution in [0.4, 0.5) is 5.69 Å². The molecule has 0 bridgehead atoms. The van der Waals surface area contributed by atoms with E-state index in [-0.39, 0.29) is 29.6 Å². The minimum absolute atomic E-state index is 0.114. The number of carbonyl (C=O) groups is 3. The van der Waals surface area contributed by atoms with Crippen molar-refractivity contribution in [1.82, 2.24) is 0 Å². The third-order valence-electron chi connectivity index (χ3n) is 5.99. The second kappa shape index (κ2) is 10.2. The average Bonchev–Trinajstić information content (AvgIpc) is 3.11. The van der Waals surface area contributed by atoms with Gasteiger partial charge < -0.3 is 14.2 Å². The summed E-state index contributed by atoms with van der Waals surface area (Å²) >= 11 is 0. The van der Waals surface area contributed by atoms with Gasteiger partial charge in [0.25, 0.3) is 11.8 Å². The highest BCUT2D eigenvalue weighted by Gasteiger charge is 2.43. The molecule has 35 heavy (non-hydrogen) atoms. The standard InChI is InChI=1S/C28H29NO6/c1-5-17(4)35-26-21-11-9-8-10-20(21)25(34-7-3)23-24(26)28(32)29(27(23)31)19-14-12-18(13-15-19)16-22(30)33-6-2/h8-15,17H,5-7,16H2,1-4H3. The number of hydrogen-bond acceptors (Lipinski definition) is 6. The summed E-state index contributed by atoms with van der Waals surface area (Å²) in [5, 5.41) is 1.45. The average molecular weight is 476 g/mol. The molecule has 7 nitrogen and oxygen atoms in total. The van der Waals surface area contributed by atoms with Crippen LogP contribution >= 0.6 is 0 Å². The number of hydrogen-bond donors (Lipinski definition) is 0. The number of benzene rings is 3. The maximum Gasteiger partial charge on any atom is 0.310 e. The van der Waals surface area contributed by atoms with Crippen LogP contribution in [0.5, 0.6) is 11.5 Å². The van der Waals surface area contributed by atoms with E-state index in [0.717, 1.165) is 27.7 Å². The zero-order valence-electron chi connectivity index (χ0n) is 20.4. The molecule has 1 aliphatic heterocycles. The molecule has 1 aliphatic rings. The quantitative estimate of drug-likeness (QED) is 0.308. The third-order valence-corrected chi connectivity index (χ3v) is 5.99. The summed E-state index contributed by atoms with van der Waals surface area (Å²) in [7, 11) is 0. The highest BCUT2D eigenvalue weighted by atomic mass is 16.5. The number of nitrogens with zero attached hydrogens (tertiary/aromatic N) is 1. The fourth-order valence-electron chi connectivity index (χ4n) is 4.18. The van der Waals surface area contributed by atoms with Gasteiger partial charge in [0.2, 0.25) is 0 Å². The number of rotatable bonds is 9. The molecule has 2 amide bonds. The fraction of sp³-hybridized carbons (Fsp3) is 0.321. The largest absolute Gasteiger partial charge is 0.492 e. The zero-order valence-corrected chi connectivity index (χ0v) is 20.4. The van der Waals surface area contributed by atoms with E-state index >= 15 is 0 Å². The van der Waals surface area contributed by atoms with E-state index in [1.54, 1.807) is 31.2 Å². The molecule has 0 saturated carbocycles. The molecule has 0 radical (unpaired) electrons. The van der Waals surface area contributed by atoms with Gasteiger partial charge in [0.15, 0.2) is 0 Å². The Labute approximate surface area is 204 Å². The monoisotopic (exact) mass is 475 g/mol. The van der Waals surface area contributed by atoms with E-state index in [1.165, 1.54) is 0 Å². The second-order valence-electron chi connectivity index (χ2n) is 8.32.